The molecule has 1 unspecified atom stereocenters. The highest BCUT2D eigenvalue weighted by Gasteiger charge is 2.30. The predicted molar refractivity (Wildman–Crippen MR) is 83.3 cm³/mol. The van der Waals surface area contributed by atoms with Crippen molar-refractivity contribution >= 4 is 11.6 Å². The van der Waals surface area contributed by atoms with E-state index in [-0.39, 0.29) is 12.0 Å². The van der Waals surface area contributed by atoms with Crippen LogP contribution in [0.1, 0.15) is 28.0 Å². The number of nitrogens with zero attached hydrogens (tertiary/aromatic N) is 7. The average Bonchev–Trinajstić information content (AvgIpc) is 3.21. The van der Waals surface area contributed by atoms with E-state index in [1.807, 2.05) is 29.7 Å². The molecule has 1 atom stereocenters. The summed E-state index contributed by atoms with van der Waals surface area (Å²) in [4.78, 5) is 20.4. The van der Waals surface area contributed by atoms with Gasteiger partial charge in [-0.2, -0.15) is 4.80 Å². The van der Waals surface area contributed by atoms with Crippen LogP contribution in [-0.4, -0.2) is 60.1 Å². The minimum Gasteiger partial charge on any atom is -0.366 e. The maximum absolute atomic E-state index is 12.8. The van der Waals surface area contributed by atoms with Crippen LogP contribution in [0.5, 0.6) is 0 Å². The number of imidazole rings is 1. The second kappa shape index (κ2) is 5.68. The summed E-state index contributed by atoms with van der Waals surface area (Å²) in [7, 11) is 1.70. The average molecular weight is 327 g/mol. The molecule has 9 heteroatoms. The first-order valence-corrected chi connectivity index (χ1v) is 7.71. The molecule has 3 aromatic rings. The Labute approximate surface area is 137 Å². The summed E-state index contributed by atoms with van der Waals surface area (Å²) < 4.78 is 7.54. The predicted octanol–water partition coefficient (Wildman–Crippen LogP) is 0.380. The van der Waals surface area contributed by atoms with Crippen molar-refractivity contribution < 1.29 is 9.53 Å². The van der Waals surface area contributed by atoms with E-state index in [9.17, 15) is 4.79 Å². The summed E-state index contributed by atoms with van der Waals surface area (Å²) in [5, 5.41) is 11.9. The maximum atomic E-state index is 12.8. The van der Waals surface area contributed by atoms with Crippen LogP contribution >= 0.6 is 0 Å². The molecule has 0 N–H and O–H groups in total. The molecular weight excluding hydrogens is 310 g/mol. The second-order valence-corrected chi connectivity index (χ2v) is 5.80. The molecule has 4 rings (SSSR count). The summed E-state index contributed by atoms with van der Waals surface area (Å²) >= 11 is 0. The van der Waals surface area contributed by atoms with E-state index in [1.54, 1.807) is 18.1 Å². The SMILES string of the molecule is Cc1cccn2cc(C(=O)N3CCOC(c4nnn(C)n4)C3)nc12. The summed E-state index contributed by atoms with van der Waals surface area (Å²) in [6.07, 6.45) is 3.28. The van der Waals surface area contributed by atoms with Gasteiger partial charge in [0, 0.05) is 18.9 Å². The largest absolute Gasteiger partial charge is 0.366 e. The molecule has 1 saturated heterocycles. The van der Waals surface area contributed by atoms with Crippen LogP contribution in [0.3, 0.4) is 0 Å². The topological polar surface area (TPSA) is 90.4 Å². The minimum absolute atomic E-state index is 0.115. The normalized spacial score (nSPS) is 18.2. The Kier molecular flexibility index (Phi) is 3.49. The summed E-state index contributed by atoms with van der Waals surface area (Å²) in [5.41, 5.74) is 2.25. The first-order chi connectivity index (χ1) is 11.6. The summed E-state index contributed by atoms with van der Waals surface area (Å²) in [6, 6.07) is 3.91. The van der Waals surface area contributed by atoms with Gasteiger partial charge in [-0.15, -0.1) is 10.2 Å². The van der Waals surface area contributed by atoms with E-state index in [1.165, 1.54) is 4.80 Å². The molecule has 1 aliphatic rings. The van der Waals surface area contributed by atoms with Gasteiger partial charge in [0.2, 0.25) is 5.82 Å². The number of aryl methyl sites for hydroxylation is 2. The number of hydrogen-bond acceptors (Lipinski definition) is 6. The lowest BCUT2D eigenvalue weighted by Gasteiger charge is -2.30. The van der Waals surface area contributed by atoms with Crippen molar-refractivity contribution in [3.05, 3.63) is 41.6 Å². The molecular formula is C15H17N7O2. The quantitative estimate of drug-likeness (QED) is 0.676. The highest BCUT2D eigenvalue weighted by Crippen LogP contribution is 2.20. The van der Waals surface area contributed by atoms with Crippen molar-refractivity contribution in [2.75, 3.05) is 19.7 Å². The standard InChI is InChI=1S/C15H17N7O2/c1-10-4-3-5-21-8-11(16-14(10)21)15(23)22-6-7-24-12(9-22)13-17-19-20(2)18-13/h3-5,8,12H,6-7,9H2,1-2H3. The lowest BCUT2D eigenvalue weighted by Crippen LogP contribution is -2.42. The number of pyridine rings is 1. The highest BCUT2D eigenvalue weighted by molar-refractivity contribution is 5.93. The van der Waals surface area contributed by atoms with Crippen LogP contribution < -0.4 is 0 Å². The van der Waals surface area contributed by atoms with E-state index < -0.39 is 0 Å². The third-order valence-electron chi connectivity index (χ3n) is 4.06. The zero-order valence-electron chi connectivity index (χ0n) is 13.5. The highest BCUT2D eigenvalue weighted by atomic mass is 16.5. The molecule has 0 aromatic carbocycles. The molecule has 4 heterocycles. The monoisotopic (exact) mass is 327 g/mol. The Morgan fingerprint density at radius 1 is 1.42 bits per heavy atom. The molecule has 1 aliphatic heterocycles. The first-order valence-electron chi connectivity index (χ1n) is 7.71. The molecule has 124 valence electrons. The second-order valence-electron chi connectivity index (χ2n) is 5.80. The van der Waals surface area contributed by atoms with Crippen LogP contribution in [0, 0.1) is 6.92 Å². The molecule has 0 bridgehead atoms. The van der Waals surface area contributed by atoms with Crippen LogP contribution in [0.4, 0.5) is 0 Å². The van der Waals surface area contributed by atoms with Crippen molar-refractivity contribution in [3.63, 3.8) is 0 Å². The minimum atomic E-state index is -0.366. The van der Waals surface area contributed by atoms with Gasteiger partial charge in [0.15, 0.2) is 0 Å². The molecule has 0 radical (unpaired) electrons. The summed E-state index contributed by atoms with van der Waals surface area (Å²) in [6.45, 7) is 3.31. The van der Waals surface area contributed by atoms with E-state index in [0.717, 1.165) is 11.2 Å². The van der Waals surface area contributed by atoms with E-state index in [2.05, 4.69) is 20.4 Å². The molecule has 0 saturated carbocycles. The number of hydrogen-bond donors (Lipinski definition) is 0. The van der Waals surface area contributed by atoms with E-state index >= 15 is 0 Å². The molecule has 1 fully saturated rings. The van der Waals surface area contributed by atoms with Crippen molar-refractivity contribution in [1.29, 1.82) is 0 Å². The van der Waals surface area contributed by atoms with E-state index in [4.69, 9.17) is 4.74 Å². The van der Waals surface area contributed by atoms with Gasteiger partial charge in [0.05, 0.1) is 20.2 Å². The van der Waals surface area contributed by atoms with Gasteiger partial charge in [-0.1, -0.05) is 6.07 Å². The molecule has 0 spiro atoms. The fourth-order valence-electron chi connectivity index (χ4n) is 2.84. The number of morpholine rings is 1. The lowest BCUT2D eigenvalue weighted by atomic mass is 10.2. The van der Waals surface area contributed by atoms with Gasteiger partial charge in [0.1, 0.15) is 17.4 Å². The van der Waals surface area contributed by atoms with Crippen LogP contribution in [-0.2, 0) is 11.8 Å². The third kappa shape index (κ3) is 2.52. The van der Waals surface area contributed by atoms with E-state index in [0.29, 0.717) is 31.2 Å². The van der Waals surface area contributed by atoms with Crippen molar-refractivity contribution in [2.24, 2.45) is 7.05 Å². The van der Waals surface area contributed by atoms with Gasteiger partial charge in [-0.3, -0.25) is 4.79 Å². The van der Waals surface area contributed by atoms with Gasteiger partial charge < -0.3 is 14.0 Å². The third-order valence-corrected chi connectivity index (χ3v) is 4.06. The lowest BCUT2D eigenvalue weighted by molar-refractivity contribution is -0.0270. The number of amides is 1. The Bertz CT molecular complexity index is 900. The Hall–Kier alpha value is -2.81. The van der Waals surface area contributed by atoms with Crippen molar-refractivity contribution in [2.45, 2.75) is 13.0 Å². The maximum Gasteiger partial charge on any atom is 0.274 e. The Morgan fingerprint density at radius 2 is 2.29 bits per heavy atom. The fraction of sp³-hybridized carbons (Fsp3) is 0.400. The number of rotatable bonds is 2. The number of fused-ring (bicyclic) bond motifs is 1. The number of carbonyl (C=O) groups excluding carboxylic acids is 1. The number of ether oxygens (including phenoxy) is 1. The molecule has 3 aromatic heterocycles. The van der Waals surface area contributed by atoms with Gasteiger partial charge in [-0.05, 0) is 23.8 Å². The van der Waals surface area contributed by atoms with Crippen molar-refractivity contribution in [1.82, 2.24) is 34.5 Å². The first kappa shape index (κ1) is 14.8. The molecule has 24 heavy (non-hydrogen) atoms. The zero-order valence-corrected chi connectivity index (χ0v) is 13.5. The van der Waals surface area contributed by atoms with Crippen LogP contribution in [0.25, 0.3) is 5.65 Å². The van der Waals surface area contributed by atoms with Gasteiger partial charge in [-0.25, -0.2) is 4.98 Å². The van der Waals surface area contributed by atoms with Crippen LogP contribution in [0.2, 0.25) is 0 Å². The number of aromatic nitrogens is 6. The summed E-state index contributed by atoms with van der Waals surface area (Å²) in [5.74, 6) is 0.371. The number of carbonyl (C=O) groups is 1. The fourth-order valence-corrected chi connectivity index (χ4v) is 2.84. The molecule has 1 amide bonds. The van der Waals surface area contributed by atoms with Gasteiger partial charge >= 0.3 is 0 Å². The Balaban J connectivity index is 1.57. The smallest absolute Gasteiger partial charge is 0.274 e. The molecule has 9 nitrogen and oxygen atoms in total. The molecule has 0 aliphatic carbocycles. The van der Waals surface area contributed by atoms with Crippen molar-refractivity contribution in [3.8, 4) is 0 Å². The Morgan fingerprint density at radius 3 is 3.04 bits per heavy atom. The zero-order chi connectivity index (χ0) is 16.7. The number of tetrazole rings is 1. The van der Waals surface area contributed by atoms with Crippen LogP contribution in [0.15, 0.2) is 24.5 Å². The van der Waals surface area contributed by atoms with Gasteiger partial charge in [0.25, 0.3) is 5.91 Å².